The molecule has 1 rings (SSSR count). The first-order valence-electron chi connectivity index (χ1n) is 5.11. The Labute approximate surface area is 85.5 Å². The van der Waals surface area contributed by atoms with E-state index in [-0.39, 0.29) is 6.10 Å². The second-order valence-electron chi connectivity index (χ2n) is 3.46. The summed E-state index contributed by atoms with van der Waals surface area (Å²) in [5.41, 5.74) is 0. The second kappa shape index (κ2) is 5.86. The zero-order valence-corrected chi connectivity index (χ0v) is 9.79. The highest BCUT2D eigenvalue weighted by atomic mass is 31.2. The highest BCUT2D eigenvalue weighted by Crippen LogP contribution is 2.54. The zero-order valence-electron chi connectivity index (χ0n) is 8.90. The van der Waals surface area contributed by atoms with Crippen LogP contribution < -0.4 is 0 Å². The fraction of sp³-hybridized carbons (Fsp3) is 1.00. The van der Waals surface area contributed by atoms with E-state index in [9.17, 15) is 4.57 Å². The Morgan fingerprint density at radius 2 is 2.36 bits per heavy atom. The summed E-state index contributed by atoms with van der Waals surface area (Å²) in [5.74, 6) is 0. The lowest BCUT2D eigenvalue weighted by molar-refractivity contribution is 0.0526. The minimum atomic E-state index is -2.74. The molecule has 1 saturated heterocycles. The van der Waals surface area contributed by atoms with E-state index in [0.29, 0.717) is 12.8 Å². The first kappa shape index (κ1) is 12.2. The summed E-state index contributed by atoms with van der Waals surface area (Å²) >= 11 is 0. The molecule has 5 heteroatoms. The van der Waals surface area contributed by atoms with E-state index in [0.717, 1.165) is 25.9 Å². The number of rotatable bonds is 6. The molecule has 1 aliphatic rings. The lowest BCUT2D eigenvalue weighted by Gasteiger charge is -2.12. The zero-order chi connectivity index (χ0) is 10.4. The van der Waals surface area contributed by atoms with Crippen LogP contribution in [0, 0.1) is 0 Å². The molecule has 0 amide bonds. The van der Waals surface area contributed by atoms with Crippen LogP contribution in [0.2, 0.25) is 0 Å². The van der Waals surface area contributed by atoms with Crippen molar-refractivity contribution in [1.82, 2.24) is 0 Å². The third-order valence-corrected chi connectivity index (χ3v) is 4.24. The van der Waals surface area contributed by atoms with E-state index >= 15 is 0 Å². The van der Waals surface area contributed by atoms with E-state index in [2.05, 4.69) is 6.92 Å². The summed E-state index contributed by atoms with van der Waals surface area (Å²) in [6.45, 7) is 3.41. The average Bonchev–Trinajstić information content (AvgIpc) is 2.56. The van der Waals surface area contributed by atoms with E-state index in [1.54, 1.807) is 0 Å². The number of hydrogen-bond acceptors (Lipinski definition) is 4. The molecule has 0 radical (unpaired) electrons. The maximum absolute atomic E-state index is 11.6. The monoisotopic (exact) mass is 222 g/mol. The van der Waals surface area contributed by atoms with Gasteiger partial charge in [0, 0.05) is 13.7 Å². The molecular weight excluding hydrogens is 203 g/mol. The third-order valence-electron chi connectivity index (χ3n) is 2.26. The highest BCUT2D eigenvalue weighted by Gasteiger charge is 2.35. The van der Waals surface area contributed by atoms with Gasteiger partial charge in [0.1, 0.15) is 0 Å². The summed E-state index contributed by atoms with van der Waals surface area (Å²) in [7, 11) is -1.31. The van der Waals surface area contributed by atoms with Crippen molar-refractivity contribution in [3.8, 4) is 0 Å². The molecule has 1 fully saturated rings. The summed E-state index contributed by atoms with van der Waals surface area (Å²) in [6, 6.07) is 0. The second-order valence-corrected chi connectivity index (χ2v) is 5.71. The summed E-state index contributed by atoms with van der Waals surface area (Å²) in [4.78, 5) is 0. The van der Waals surface area contributed by atoms with Gasteiger partial charge in [0.25, 0.3) is 0 Å². The Morgan fingerprint density at radius 1 is 1.57 bits per heavy atom. The van der Waals surface area contributed by atoms with Crippen molar-refractivity contribution in [3.05, 3.63) is 0 Å². The summed E-state index contributed by atoms with van der Waals surface area (Å²) in [6.07, 6.45) is 3.44. The van der Waals surface area contributed by atoms with Crippen molar-refractivity contribution in [2.24, 2.45) is 0 Å². The van der Waals surface area contributed by atoms with Gasteiger partial charge >= 0.3 is 7.60 Å². The van der Waals surface area contributed by atoms with Gasteiger partial charge in [-0.15, -0.1) is 0 Å². The fourth-order valence-corrected chi connectivity index (χ4v) is 2.94. The van der Waals surface area contributed by atoms with Crippen LogP contribution in [0.25, 0.3) is 0 Å². The van der Waals surface area contributed by atoms with Gasteiger partial charge in [-0.2, -0.15) is 0 Å². The average molecular weight is 222 g/mol. The van der Waals surface area contributed by atoms with Gasteiger partial charge in [-0.3, -0.25) is 4.57 Å². The van der Waals surface area contributed by atoms with Crippen LogP contribution in [0.3, 0.4) is 0 Å². The molecule has 0 spiro atoms. The summed E-state index contributed by atoms with van der Waals surface area (Å²) in [5, 5.41) is 0. The van der Waals surface area contributed by atoms with E-state index in [1.165, 1.54) is 7.11 Å². The van der Waals surface area contributed by atoms with Crippen LogP contribution in [0.1, 0.15) is 26.2 Å². The van der Waals surface area contributed by atoms with Crippen LogP contribution in [-0.2, 0) is 18.3 Å². The number of ether oxygens (including phenoxy) is 1. The lowest BCUT2D eigenvalue weighted by atomic mass is 10.3. The van der Waals surface area contributed by atoms with Gasteiger partial charge in [-0.1, -0.05) is 13.3 Å². The number of hydrogen-bond donors (Lipinski definition) is 0. The fourth-order valence-electron chi connectivity index (χ4n) is 1.34. The van der Waals surface area contributed by atoms with Gasteiger partial charge < -0.3 is 13.8 Å². The molecule has 2 atom stereocenters. The minimum Gasteiger partial charge on any atom is -0.379 e. The van der Waals surface area contributed by atoms with Gasteiger partial charge in [0.15, 0.2) is 0 Å². The molecule has 4 nitrogen and oxygen atoms in total. The quantitative estimate of drug-likeness (QED) is 0.511. The molecule has 1 heterocycles. The first-order chi connectivity index (χ1) is 6.70. The molecule has 0 aromatic rings. The Bertz CT molecular complexity index is 207. The molecule has 14 heavy (non-hydrogen) atoms. The lowest BCUT2D eigenvalue weighted by Crippen LogP contribution is -2.14. The Morgan fingerprint density at radius 3 is 2.93 bits per heavy atom. The smallest absolute Gasteiger partial charge is 0.330 e. The number of unbranched alkanes of at least 4 members (excludes halogenated alkanes) is 1. The standard InChI is InChI=1S/C9H19O4P/c1-3-4-6-12-8-9-5-7-14(10,11-2)13-9/h9H,3-8H2,1-2H3/t9-,14?/m0/s1. The molecule has 0 aromatic carbocycles. The highest BCUT2D eigenvalue weighted by molar-refractivity contribution is 7.54. The Kier molecular flexibility index (Phi) is 5.10. The molecule has 1 unspecified atom stereocenters. The SMILES string of the molecule is CCCCOC[C@@H]1CCP(=O)(OC)O1. The van der Waals surface area contributed by atoms with Crippen LogP contribution in [0.5, 0.6) is 0 Å². The van der Waals surface area contributed by atoms with Crippen LogP contribution >= 0.6 is 7.60 Å². The van der Waals surface area contributed by atoms with Crippen molar-refractivity contribution < 1.29 is 18.3 Å². The molecule has 1 aliphatic heterocycles. The van der Waals surface area contributed by atoms with Crippen LogP contribution in [-0.4, -0.2) is 32.6 Å². The largest absolute Gasteiger partial charge is 0.379 e. The molecule has 0 bridgehead atoms. The van der Waals surface area contributed by atoms with E-state index < -0.39 is 7.60 Å². The molecule has 84 valence electrons. The van der Waals surface area contributed by atoms with Gasteiger partial charge in [0.05, 0.1) is 18.9 Å². The molecular formula is C9H19O4P. The summed E-state index contributed by atoms with van der Waals surface area (Å²) < 4.78 is 27.1. The van der Waals surface area contributed by atoms with E-state index in [1.807, 2.05) is 0 Å². The van der Waals surface area contributed by atoms with Crippen molar-refractivity contribution in [2.75, 3.05) is 26.5 Å². The maximum Gasteiger partial charge on any atom is 0.330 e. The van der Waals surface area contributed by atoms with Gasteiger partial charge in [-0.05, 0) is 12.8 Å². The normalized spacial score (nSPS) is 32.3. The van der Waals surface area contributed by atoms with Crippen molar-refractivity contribution in [2.45, 2.75) is 32.3 Å². The Hall–Kier alpha value is 0.110. The third kappa shape index (κ3) is 3.70. The topological polar surface area (TPSA) is 44.8 Å². The minimum absolute atomic E-state index is 0.0439. The predicted octanol–water partition coefficient (Wildman–Crippen LogP) is 2.43. The molecule has 0 aromatic heterocycles. The maximum atomic E-state index is 11.6. The Balaban J connectivity index is 2.13. The van der Waals surface area contributed by atoms with Gasteiger partial charge in [0.2, 0.25) is 0 Å². The molecule has 0 N–H and O–H groups in total. The van der Waals surface area contributed by atoms with Crippen molar-refractivity contribution >= 4 is 7.60 Å². The molecule has 0 aliphatic carbocycles. The van der Waals surface area contributed by atoms with Crippen LogP contribution in [0.15, 0.2) is 0 Å². The van der Waals surface area contributed by atoms with Gasteiger partial charge in [-0.25, -0.2) is 0 Å². The van der Waals surface area contributed by atoms with Crippen molar-refractivity contribution in [3.63, 3.8) is 0 Å². The first-order valence-corrected chi connectivity index (χ1v) is 6.84. The predicted molar refractivity (Wildman–Crippen MR) is 54.7 cm³/mol. The van der Waals surface area contributed by atoms with Crippen LogP contribution in [0.4, 0.5) is 0 Å². The van der Waals surface area contributed by atoms with Crippen molar-refractivity contribution in [1.29, 1.82) is 0 Å². The molecule has 0 saturated carbocycles. The van der Waals surface area contributed by atoms with E-state index in [4.69, 9.17) is 13.8 Å².